The van der Waals surface area contributed by atoms with Crippen molar-refractivity contribution in [1.29, 1.82) is 0 Å². The highest BCUT2D eigenvalue weighted by Gasteiger charge is 2.37. The van der Waals surface area contributed by atoms with Gasteiger partial charge in [0.1, 0.15) is 5.69 Å². The van der Waals surface area contributed by atoms with Gasteiger partial charge in [0.05, 0.1) is 0 Å². The van der Waals surface area contributed by atoms with Gasteiger partial charge in [-0.15, -0.1) is 5.10 Å². The highest BCUT2D eigenvalue weighted by molar-refractivity contribution is 6.07. The summed E-state index contributed by atoms with van der Waals surface area (Å²) in [4.78, 5) is 23.6. The van der Waals surface area contributed by atoms with Crippen molar-refractivity contribution < 1.29 is 18.0 Å². The van der Waals surface area contributed by atoms with E-state index in [1.807, 2.05) is 18.2 Å². The van der Waals surface area contributed by atoms with Crippen LogP contribution in [0.5, 0.6) is 0 Å². The number of carbonyl (C=O) groups is 1. The van der Waals surface area contributed by atoms with Gasteiger partial charge in [-0.1, -0.05) is 42.5 Å². The smallest absolute Gasteiger partial charge is 0.324 e. The first kappa shape index (κ1) is 26.2. The third-order valence-corrected chi connectivity index (χ3v) is 7.69. The van der Waals surface area contributed by atoms with Gasteiger partial charge < -0.3 is 10.2 Å². The Morgan fingerprint density at radius 1 is 0.875 bits per heavy atom. The number of pyridine rings is 1. The molecular weight excluding hydrogens is 517 g/mol. The van der Waals surface area contributed by atoms with Crippen LogP contribution in [0.15, 0.2) is 66.7 Å². The number of hydrogen-bond donors (Lipinski definition) is 1. The van der Waals surface area contributed by atoms with E-state index in [4.69, 9.17) is 0 Å². The fourth-order valence-electron chi connectivity index (χ4n) is 5.65. The highest BCUT2D eigenvalue weighted by atomic mass is 19.4. The predicted molar refractivity (Wildman–Crippen MR) is 145 cm³/mol. The van der Waals surface area contributed by atoms with Crippen LogP contribution in [0.25, 0.3) is 5.82 Å². The van der Waals surface area contributed by atoms with Gasteiger partial charge in [0.2, 0.25) is 11.7 Å². The van der Waals surface area contributed by atoms with Crippen molar-refractivity contribution in [2.45, 2.75) is 50.7 Å². The molecule has 0 radical (unpaired) electrons. The van der Waals surface area contributed by atoms with Crippen LogP contribution in [0.4, 0.5) is 24.8 Å². The number of alkyl halides is 3. The molecule has 1 unspecified atom stereocenters. The van der Waals surface area contributed by atoms with Crippen molar-refractivity contribution in [3.8, 4) is 5.82 Å². The summed E-state index contributed by atoms with van der Waals surface area (Å²) in [7, 11) is 0. The molecule has 6 rings (SSSR count). The average molecular weight is 547 g/mol. The van der Waals surface area contributed by atoms with Gasteiger partial charge >= 0.3 is 6.18 Å². The van der Waals surface area contributed by atoms with Crippen LogP contribution in [-0.4, -0.2) is 49.6 Å². The first-order chi connectivity index (χ1) is 19.3. The third-order valence-electron chi connectivity index (χ3n) is 7.69. The van der Waals surface area contributed by atoms with Crippen molar-refractivity contribution in [2.75, 3.05) is 18.4 Å². The minimum absolute atomic E-state index is 0.0514. The lowest BCUT2D eigenvalue weighted by Crippen LogP contribution is -2.32. The van der Waals surface area contributed by atoms with Crippen molar-refractivity contribution in [3.63, 3.8) is 0 Å². The molecule has 40 heavy (non-hydrogen) atoms. The Morgan fingerprint density at radius 2 is 1.62 bits per heavy atom. The normalized spacial score (nSPS) is 17.8. The summed E-state index contributed by atoms with van der Waals surface area (Å²) < 4.78 is 42.0. The van der Waals surface area contributed by atoms with Gasteiger partial charge in [-0.3, -0.25) is 4.79 Å². The molecule has 1 N–H and O–H groups in total. The Bertz CT molecular complexity index is 1510. The number of likely N-dealkylation sites (tertiary alicyclic amines) is 1. The van der Waals surface area contributed by atoms with Crippen molar-refractivity contribution in [3.05, 3.63) is 94.9 Å². The van der Waals surface area contributed by atoms with Gasteiger partial charge in [-0.05, 0) is 87.0 Å². The van der Waals surface area contributed by atoms with Crippen molar-refractivity contribution in [1.82, 2.24) is 24.6 Å². The lowest BCUT2D eigenvalue weighted by Gasteiger charge is -2.25. The largest absolute Gasteiger partial charge is 0.453 e. The molecule has 1 saturated heterocycles. The maximum Gasteiger partial charge on any atom is 0.453 e. The fourth-order valence-corrected chi connectivity index (χ4v) is 5.65. The average Bonchev–Trinajstić information content (AvgIpc) is 3.60. The first-order valence-electron chi connectivity index (χ1n) is 13.6. The van der Waals surface area contributed by atoms with E-state index in [1.165, 1.54) is 36.1 Å². The number of benzene rings is 2. The lowest BCUT2D eigenvalue weighted by molar-refractivity contribution is -0.144. The summed E-state index contributed by atoms with van der Waals surface area (Å²) in [6.45, 7) is 2.33. The number of nitrogens with one attached hydrogen (secondary N) is 1. The molecule has 3 heterocycles. The van der Waals surface area contributed by atoms with E-state index in [-0.39, 0.29) is 23.2 Å². The predicted octanol–water partition coefficient (Wildman–Crippen LogP) is 6.00. The second-order valence-corrected chi connectivity index (χ2v) is 10.3. The number of rotatable bonds is 6. The van der Waals surface area contributed by atoms with E-state index in [0.29, 0.717) is 17.3 Å². The Hall–Kier alpha value is -4.05. The van der Waals surface area contributed by atoms with Gasteiger partial charge in [0.25, 0.3) is 5.82 Å². The number of nitrogens with zero attached hydrogens (tertiary/aromatic N) is 5. The Balaban J connectivity index is 1.29. The van der Waals surface area contributed by atoms with Crippen LogP contribution in [0, 0.1) is 0 Å². The number of ketones is 1. The van der Waals surface area contributed by atoms with E-state index in [9.17, 15) is 18.0 Å². The fraction of sp³-hybridized carbons (Fsp3) is 0.333. The third kappa shape index (κ3) is 5.49. The number of aryl methyl sites for hydroxylation is 2. The summed E-state index contributed by atoms with van der Waals surface area (Å²) in [6.07, 6.45) is 1.85. The van der Waals surface area contributed by atoms with E-state index in [0.717, 1.165) is 43.5 Å². The Morgan fingerprint density at radius 3 is 2.38 bits per heavy atom. The van der Waals surface area contributed by atoms with Crippen LogP contribution in [0.2, 0.25) is 0 Å². The molecule has 1 fully saturated rings. The molecule has 1 aliphatic carbocycles. The van der Waals surface area contributed by atoms with Gasteiger partial charge in [-0.2, -0.15) is 22.8 Å². The number of hydrogen-bond acceptors (Lipinski definition) is 6. The number of carbonyl (C=O) groups excluding carboxylic acids is 1. The van der Waals surface area contributed by atoms with E-state index >= 15 is 0 Å². The van der Waals surface area contributed by atoms with Crippen molar-refractivity contribution >= 4 is 17.4 Å². The van der Waals surface area contributed by atoms with E-state index in [1.54, 1.807) is 36.4 Å². The zero-order valence-electron chi connectivity index (χ0n) is 21.9. The standard InChI is InChI=1S/C30H29F3N6O/c31-30(32,33)28-36-29(39(37-28)26-10-6-9-25(35-26)27(40)21-7-2-1-3-8-21)34-23-14-11-20-12-15-24(16-13-22(20)19-23)38-17-4-5-18-38/h1-3,6-11,14,19,24H,4-5,12-13,15-18H2,(H,34,36,37). The molecule has 4 aromatic rings. The SMILES string of the molecule is O=C(c1ccccc1)c1cccc(-n2nc(C(F)(F)F)nc2Nc2ccc3c(c2)CCC(N2CCCC2)CC3)n1. The second kappa shape index (κ2) is 10.8. The molecule has 10 heteroatoms. The maximum atomic E-state index is 13.7. The Labute approximate surface area is 230 Å². The zero-order valence-corrected chi connectivity index (χ0v) is 21.9. The molecule has 0 amide bonds. The molecule has 206 valence electrons. The number of anilines is 2. The molecule has 2 aliphatic rings. The second-order valence-electron chi connectivity index (χ2n) is 10.3. The maximum absolute atomic E-state index is 13.7. The first-order valence-corrected chi connectivity index (χ1v) is 13.6. The van der Waals surface area contributed by atoms with Gasteiger partial charge in [0.15, 0.2) is 5.82 Å². The molecule has 2 aromatic heterocycles. The quantitative estimate of drug-likeness (QED) is 0.236. The van der Waals surface area contributed by atoms with Gasteiger partial charge in [-0.25, -0.2) is 4.98 Å². The molecule has 2 aromatic carbocycles. The van der Waals surface area contributed by atoms with E-state index < -0.39 is 12.0 Å². The molecular formula is C30H29F3N6O. The van der Waals surface area contributed by atoms with Crippen LogP contribution in [0.3, 0.4) is 0 Å². The molecule has 1 aliphatic heterocycles. The number of fused-ring (bicyclic) bond motifs is 1. The van der Waals surface area contributed by atoms with Crippen LogP contribution in [-0.2, 0) is 19.0 Å². The van der Waals surface area contributed by atoms with Crippen LogP contribution in [0.1, 0.15) is 58.7 Å². The topological polar surface area (TPSA) is 75.9 Å². The molecule has 1 atom stereocenters. The van der Waals surface area contributed by atoms with Crippen LogP contribution >= 0.6 is 0 Å². The van der Waals surface area contributed by atoms with E-state index in [2.05, 4.69) is 25.3 Å². The monoisotopic (exact) mass is 546 g/mol. The molecule has 0 saturated carbocycles. The summed E-state index contributed by atoms with van der Waals surface area (Å²) in [6, 6.07) is 19.6. The minimum atomic E-state index is -4.75. The summed E-state index contributed by atoms with van der Waals surface area (Å²) >= 11 is 0. The summed E-state index contributed by atoms with van der Waals surface area (Å²) in [5.41, 5.74) is 3.62. The van der Waals surface area contributed by atoms with Crippen molar-refractivity contribution in [2.24, 2.45) is 0 Å². The highest BCUT2D eigenvalue weighted by Crippen LogP contribution is 2.31. The molecule has 0 spiro atoms. The summed E-state index contributed by atoms with van der Waals surface area (Å²) in [5.74, 6) is -1.71. The van der Waals surface area contributed by atoms with Gasteiger partial charge in [0, 0.05) is 17.3 Å². The van der Waals surface area contributed by atoms with Crippen LogP contribution < -0.4 is 5.32 Å². The minimum Gasteiger partial charge on any atom is -0.324 e. The lowest BCUT2D eigenvalue weighted by atomic mass is 10.0. The number of halogens is 3. The molecule has 7 nitrogen and oxygen atoms in total. The number of aromatic nitrogens is 4. The zero-order chi connectivity index (χ0) is 27.7. The molecule has 0 bridgehead atoms. The Kier molecular flexibility index (Phi) is 7.10. The summed E-state index contributed by atoms with van der Waals surface area (Å²) in [5, 5.41) is 6.75.